The van der Waals surface area contributed by atoms with E-state index < -0.39 is 0 Å². The van der Waals surface area contributed by atoms with Crippen molar-refractivity contribution in [2.75, 3.05) is 39.8 Å². The predicted octanol–water partition coefficient (Wildman–Crippen LogP) is -0.0289. The summed E-state index contributed by atoms with van der Waals surface area (Å²) in [7, 11) is 2.19. The van der Waals surface area contributed by atoms with Crippen LogP contribution in [0.2, 0.25) is 0 Å². The molecule has 0 aromatic carbocycles. The highest BCUT2D eigenvalue weighted by Crippen LogP contribution is 2.06. The Morgan fingerprint density at radius 3 is 2.33 bits per heavy atom. The van der Waals surface area contributed by atoms with Crippen molar-refractivity contribution in [3.63, 3.8) is 0 Å². The van der Waals surface area contributed by atoms with Gasteiger partial charge >= 0.3 is 0 Å². The second kappa shape index (κ2) is 4.80. The fraction of sp³-hybridized carbons (Fsp3) is 1.00. The molecule has 0 amide bonds. The zero-order valence-electron chi connectivity index (χ0n) is 8.29. The summed E-state index contributed by atoms with van der Waals surface area (Å²) in [5.74, 6) is 0. The van der Waals surface area contributed by atoms with Crippen LogP contribution in [0.25, 0.3) is 0 Å². The molecule has 1 aliphatic heterocycles. The topological polar surface area (TPSA) is 32.5 Å². The van der Waals surface area contributed by atoms with E-state index in [0.717, 1.165) is 13.0 Å². The van der Waals surface area contributed by atoms with Crippen LogP contribution in [0.3, 0.4) is 0 Å². The van der Waals surface area contributed by atoms with Crippen molar-refractivity contribution in [1.82, 2.24) is 9.80 Å². The fourth-order valence-electron chi connectivity index (χ4n) is 1.69. The molecule has 1 atom stereocenters. The minimum atomic E-state index is 0.670. The van der Waals surface area contributed by atoms with E-state index in [0.29, 0.717) is 6.04 Å². The van der Waals surface area contributed by atoms with Gasteiger partial charge in [-0.1, -0.05) is 0 Å². The first-order valence-corrected chi connectivity index (χ1v) is 4.86. The summed E-state index contributed by atoms with van der Waals surface area (Å²) in [5, 5.41) is 0. The Morgan fingerprint density at radius 1 is 1.25 bits per heavy atom. The Labute approximate surface area is 75.5 Å². The van der Waals surface area contributed by atoms with Crippen LogP contribution in [0, 0.1) is 0 Å². The Morgan fingerprint density at radius 2 is 1.83 bits per heavy atom. The molecule has 0 spiro atoms. The van der Waals surface area contributed by atoms with Crippen molar-refractivity contribution < 1.29 is 0 Å². The highest BCUT2D eigenvalue weighted by Gasteiger charge is 2.17. The number of hydrogen-bond donors (Lipinski definition) is 1. The Kier molecular flexibility index (Phi) is 3.98. The quantitative estimate of drug-likeness (QED) is 0.647. The van der Waals surface area contributed by atoms with Crippen molar-refractivity contribution in [2.24, 2.45) is 5.73 Å². The summed E-state index contributed by atoms with van der Waals surface area (Å²) >= 11 is 0. The monoisotopic (exact) mass is 171 g/mol. The van der Waals surface area contributed by atoms with E-state index in [-0.39, 0.29) is 0 Å². The van der Waals surface area contributed by atoms with Crippen LogP contribution in [-0.2, 0) is 0 Å². The van der Waals surface area contributed by atoms with Gasteiger partial charge in [0.25, 0.3) is 0 Å². The predicted molar refractivity (Wildman–Crippen MR) is 52.2 cm³/mol. The average molecular weight is 171 g/mol. The van der Waals surface area contributed by atoms with Crippen molar-refractivity contribution >= 4 is 0 Å². The largest absolute Gasteiger partial charge is 0.330 e. The van der Waals surface area contributed by atoms with E-state index in [1.54, 1.807) is 0 Å². The van der Waals surface area contributed by atoms with E-state index in [2.05, 4.69) is 23.8 Å². The molecule has 1 aliphatic rings. The molecule has 0 bridgehead atoms. The molecule has 1 heterocycles. The van der Waals surface area contributed by atoms with E-state index in [4.69, 9.17) is 5.73 Å². The van der Waals surface area contributed by atoms with Crippen molar-refractivity contribution in [3.05, 3.63) is 0 Å². The molecular formula is C9H21N3. The average Bonchev–Trinajstić information content (AvgIpc) is 2.06. The normalized spacial score (nSPS) is 24.2. The minimum Gasteiger partial charge on any atom is -0.330 e. The summed E-state index contributed by atoms with van der Waals surface area (Å²) in [5.41, 5.74) is 5.53. The number of nitrogens with zero attached hydrogens (tertiary/aromatic N) is 2. The van der Waals surface area contributed by atoms with Gasteiger partial charge < -0.3 is 10.6 Å². The molecule has 0 radical (unpaired) electrons. The standard InChI is InChI=1S/C9H21N3/c1-9(3-4-10)12-7-5-11(2)6-8-12/h9H,3-8,10H2,1-2H3. The third-order valence-electron chi connectivity index (χ3n) is 2.75. The summed E-state index contributed by atoms with van der Waals surface area (Å²) in [4.78, 5) is 4.92. The number of rotatable bonds is 3. The Hall–Kier alpha value is -0.120. The first-order valence-electron chi connectivity index (χ1n) is 4.86. The van der Waals surface area contributed by atoms with Crippen molar-refractivity contribution in [1.29, 1.82) is 0 Å². The van der Waals surface area contributed by atoms with Crippen LogP contribution in [0.1, 0.15) is 13.3 Å². The summed E-state index contributed by atoms with van der Waals surface area (Å²) < 4.78 is 0. The molecule has 0 aromatic heterocycles. The lowest BCUT2D eigenvalue weighted by atomic mass is 10.2. The smallest absolute Gasteiger partial charge is 0.0113 e. The highest BCUT2D eigenvalue weighted by atomic mass is 15.3. The Balaban J connectivity index is 2.24. The molecule has 2 N–H and O–H groups in total. The molecule has 1 rings (SSSR count). The molecule has 1 unspecified atom stereocenters. The first-order chi connectivity index (χ1) is 5.74. The van der Waals surface area contributed by atoms with E-state index >= 15 is 0 Å². The molecule has 72 valence electrons. The molecule has 12 heavy (non-hydrogen) atoms. The molecular weight excluding hydrogens is 150 g/mol. The van der Waals surface area contributed by atoms with Gasteiger partial charge in [-0.15, -0.1) is 0 Å². The second-order valence-corrected chi connectivity index (χ2v) is 3.77. The fourth-order valence-corrected chi connectivity index (χ4v) is 1.69. The molecule has 3 nitrogen and oxygen atoms in total. The maximum atomic E-state index is 5.53. The van der Waals surface area contributed by atoms with Gasteiger partial charge in [0, 0.05) is 32.2 Å². The summed E-state index contributed by atoms with van der Waals surface area (Å²) in [6, 6.07) is 0.670. The molecule has 1 saturated heterocycles. The zero-order chi connectivity index (χ0) is 8.97. The third-order valence-corrected chi connectivity index (χ3v) is 2.75. The number of hydrogen-bond acceptors (Lipinski definition) is 3. The van der Waals surface area contributed by atoms with E-state index in [1.165, 1.54) is 26.2 Å². The maximum absolute atomic E-state index is 5.53. The van der Waals surface area contributed by atoms with Crippen molar-refractivity contribution in [3.8, 4) is 0 Å². The number of nitrogens with two attached hydrogens (primary N) is 1. The van der Waals surface area contributed by atoms with Gasteiger partial charge in [-0.2, -0.15) is 0 Å². The zero-order valence-corrected chi connectivity index (χ0v) is 8.29. The molecule has 0 aromatic rings. The number of piperazine rings is 1. The Bertz CT molecular complexity index is 119. The van der Waals surface area contributed by atoms with Crippen LogP contribution in [0.4, 0.5) is 0 Å². The van der Waals surface area contributed by atoms with Gasteiger partial charge in [0.1, 0.15) is 0 Å². The van der Waals surface area contributed by atoms with E-state index in [1.807, 2.05) is 0 Å². The van der Waals surface area contributed by atoms with Crippen LogP contribution in [0.5, 0.6) is 0 Å². The molecule has 0 aliphatic carbocycles. The van der Waals surface area contributed by atoms with Gasteiger partial charge in [-0.3, -0.25) is 4.90 Å². The maximum Gasteiger partial charge on any atom is 0.0113 e. The summed E-state index contributed by atoms with van der Waals surface area (Å²) in [6.45, 7) is 7.91. The van der Waals surface area contributed by atoms with Gasteiger partial charge in [0.15, 0.2) is 0 Å². The van der Waals surface area contributed by atoms with Crippen molar-refractivity contribution in [2.45, 2.75) is 19.4 Å². The summed E-state index contributed by atoms with van der Waals surface area (Å²) in [6.07, 6.45) is 1.13. The highest BCUT2D eigenvalue weighted by molar-refractivity contribution is 4.74. The first kappa shape index (κ1) is 9.96. The minimum absolute atomic E-state index is 0.670. The SMILES string of the molecule is CC(CCN)N1CCN(C)CC1. The van der Waals surface area contributed by atoms with Gasteiger partial charge in [-0.25, -0.2) is 0 Å². The lowest BCUT2D eigenvalue weighted by Crippen LogP contribution is -2.48. The van der Waals surface area contributed by atoms with Crippen LogP contribution < -0.4 is 5.73 Å². The van der Waals surface area contributed by atoms with Crippen LogP contribution in [-0.4, -0.2) is 55.6 Å². The third kappa shape index (κ3) is 2.73. The lowest BCUT2D eigenvalue weighted by Gasteiger charge is -2.36. The van der Waals surface area contributed by atoms with Gasteiger partial charge in [0.05, 0.1) is 0 Å². The number of likely N-dealkylation sites (N-methyl/N-ethyl adjacent to an activating group) is 1. The lowest BCUT2D eigenvalue weighted by molar-refractivity contribution is 0.116. The molecule has 0 saturated carbocycles. The van der Waals surface area contributed by atoms with E-state index in [9.17, 15) is 0 Å². The van der Waals surface area contributed by atoms with Crippen LogP contribution >= 0.6 is 0 Å². The van der Waals surface area contributed by atoms with Gasteiger partial charge in [-0.05, 0) is 26.9 Å². The van der Waals surface area contributed by atoms with Crippen LogP contribution in [0.15, 0.2) is 0 Å². The molecule has 3 heteroatoms. The van der Waals surface area contributed by atoms with Gasteiger partial charge in [0.2, 0.25) is 0 Å². The molecule has 1 fully saturated rings. The second-order valence-electron chi connectivity index (χ2n) is 3.77.